The lowest BCUT2D eigenvalue weighted by Gasteiger charge is -2.33. The van der Waals surface area contributed by atoms with E-state index >= 15 is 0 Å². The zero-order chi connectivity index (χ0) is 19.0. The Morgan fingerprint density at radius 3 is 2.89 bits per heavy atom. The molecule has 1 aromatic carbocycles. The molecule has 2 aliphatic heterocycles. The van der Waals surface area contributed by atoms with Crippen molar-refractivity contribution in [3.05, 3.63) is 29.8 Å². The van der Waals surface area contributed by atoms with E-state index in [0.717, 1.165) is 24.2 Å². The predicted octanol–water partition coefficient (Wildman–Crippen LogP) is 1.91. The first-order valence-electron chi connectivity index (χ1n) is 9.67. The van der Waals surface area contributed by atoms with Crippen LogP contribution in [0.4, 0.5) is 4.79 Å². The first kappa shape index (κ1) is 17.8. The zero-order valence-electron chi connectivity index (χ0n) is 15.5. The number of ether oxygens (including phenoxy) is 1. The molecule has 0 radical (unpaired) electrons. The summed E-state index contributed by atoms with van der Waals surface area (Å²) in [5.74, 6) is 0.351. The van der Waals surface area contributed by atoms with Gasteiger partial charge in [0.2, 0.25) is 5.91 Å². The van der Waals surface area contributed by atoms with Crippen molar-refractivity contribution in [1.82, 2.24) is 15.5 Å². The SMILES string of the molecule is C[C@@H]1CCCC[C@@H]1NC(=O)CN1C(=O)N[C@@]2(CCOc3ccccc32)C1=O. The Morgan fingerprint density at radius 1 is 1.30 bits per heavy atom. The fraction of sp³-hybridized carbons (Fsp3) is 0.550. The Balaban J connectivity index is 1.50. The van der Waals surface area contributed by atoms with E-state index in [-0.39, 0.29) is 24.4 Å². The highest BCUT2D eigenvalue weighted by molar-refractivity contribution is 6.09. The molecule has 7 nitrogen and oxygen atoms in total. The van der Waals surface area contributed by atoms with E-state index in [2.05, 4.69) is 17.6 Å². The topological polar surface area (TPSA) is 87.7 Å². The van der Waals surface area contributed by atoms with E-state index in [0.29, 0.717) is 30.3 Å². The van der Waals surface area contributed by atoms with Gasteiger partial charge in [-0.15, -0.1) is 0 Å². The fourth-order valence-electron chi connectivity index (χ4n) is 4.44. The molecule has 1 saturated carbocycles. The smallest absolute Gasteiger partial charge is 0.325 e. The van der Waals surface area contributed by atoms with Crippen LogP contribution in [0, 0.1) is 5.92 Å². The summed E-state index contributed by atoms with van der Waals surface area (Å²) in [5, 5.41) is 5.83. The normalized spacial score (nSPS) is 29.9. The summed E-state index contributed by atoms with van der Waals surface area (Å²) < 4.78 is 5.62. The van der Waals surface area contributed by atoms with Gasteiger partial charge in [0.05, 0.1) is 6.61 Å². The van der Waals surface area contributed by atoms with Gasteiger partial charge in [-0.05, 0) is 24.8 Å². The summed E-state index contributed by atoms with van der Waals surface area (Å²) in [6.45, 7) is 2.22. The average molecular weight is 371 g/mol. The molecule has 27 heavy (non-hydrogen) atoms. The van der Waals surface area contributed by atoms with Crippen LogP contribution in [0.15, 0.2) is 24.3 Å². The maximum Gasteiger partial charge on any atom is 0.325 e. The van der Waals surface area contributed by atoms with Gasteiger partial charge in [-0.3, -0.25) is 14.5 Å². The number of para-hydroxylation sites is 1. The number of hydrogen-bond donors (Lipinski definition) is 2. The average Bonchev–Trinajstić information content (AvgIpc) is 2.89. The monoisotopic (exact) mass is 371 g/mol. The van der Waals surface area contributed by atoms with E-state index in [1.165, 1.54) is 6.42 Å². The zero-order valence-corrected chi connectivity index (χ0v) is 15.5. The molecule has 1 saturated heterocycles. The highest BCUT2D eigenvalue weighted by atomic mass is 16.5. The van der Waals surface area contributed by atoms with Crippen LogP contribution in [0.25, 0.3) is 0 Å². The molecule has 144 valence electrons. The van der Waals surface area contributed by atoms with E-state index in [4.69, 9.17) is 4.74 Å². The summed E-state index contributed by atoms with van der Waals surface area (Å²) >= 11 is 0. The number of benzene rings is 1. The summed E-state index contributed by atoms with van der Waals surface area (Å²) in [6, 6.07) is 6.81. The van der Waals surface area contributed by atoms with Gasteiger partial charge in [-0.2, -0.15) is 0 Å². The Hall–Kier alpha value is -2.57. The van der Waals surface area contributed by atoms with Crippen molar-refractivity contribution in [1.29, 1.82) is 0 Å². The first-order chi connectivity index (χ1) is 13.0. The summed E-state index contributed by atoms with van der Waals surface area (Å²) in [4.78, 5) is 39.2. The highest BCUT2D eigenvalue weighted by Crippen LogP contribution is 2.40. The van der Waals surface area contributed by atoms with Gasteiger partial charge in [-0.25, -0.2) is 4.79 Å². The number of urea groups is 1. The van der Waals surface area contributed by atoms with E-state index in [1.807, 2.05) is 12.1 Å². The third kappa shape index (κ3) is 3.05. The minimum absolute atomic E-state index is 0.116. The highest BCUT2D eigenvalue weighted by Gasteiger charge is 2.55. The van der Waals surface area contributed by atoms with Crippen molar-refractivity contribution < 1.29 is 19.1 Å². The van der Waals surface area contributed by atoms with E-state index in [1.54, 1.807) is 12.1 Å². The Bertz CT molecular complexity index is 780. The third-order valence-corrected chi connectivity index (χ3v) is 6.02. The second-order valence-corrected chi connectivity index (χ2v) is 7.76. The summed E-state index contributed by atoms with van der Waals surface area (Å²) in [7, 11) is 0. The van der Waals surface area contributed by atoms with Gasteiger partial charge in [-0.1, -0.05) is 38.0 Å². The summed E-state index contributed by atoms with van der Waals surface area (Å²) in [5.41, 5.74) is -0.483. The molecular formula is C20H25N3O4. The van der Waals surface area contributed by atoms with Gasteiger partial charge in [0.25, 0.3) is 5.91 Å². The van der Waals surface area contributed by atoms with Crippen LogP contribution in [0.2, 0.25) is 0 Å². The Labute approximate surface area is 158 Å². The van der Waals surface area contributed by atoms with Crippen LogP contribution in [0.3, 0.4) is 0 Å². The number of imide groups is 1. The molecule has 2 N–H and O–H groups in total. The predicted molar refractivity (Wildman–Crippen MR) is 98.0 cm³/mol. The Kier molecular flexibility index (Phi) is 4.53. The second kappa shape index (κ2) is 6.87. The molecule has 0 aromatic heterocycles. The lowest BCUT2D eigenvalue weighted by Crippen LogP contribution is -2.49. The van der Waals surface area contributed by atoms with E-state index in [9.17, 15) is 14.4 Å². The lowest BCUT2D eigenvalue weighted by molar-refractivity contribution is -0.136. The fourth-order valence-corrected chi connectivity index (χ4v) is 4.44. The molecule has 0 unspecified atom stereocenters. The molecule has 1 spiro atoms. The van der Waals surface area contributed by atoms with Crippen molar-refractivity contribution in [2.45, 2.75) is 50.6 Å². The second-order valence-electron chi connectivity index (χ2n) is 7.76. The number of amides is 4. The molecule has 0 bridgehead atoms. The minimum Gasteiger partial charge on any atom is -0.493 e. The first-order valence-corrected chi connectivity index (χ1v) is 9.67. The summed E-state index contributed by atoms with van der Waals surface area (Å²) in [6.07, 6.45) is 4.67. The maximum absolute atomic E-state index is 13.2. The quantitative estimate of drug-likeness (QED) is 0.795. The van der Waals surface area contributed by atoms with Crippen LogP contribution in [-0.4, -0.2) is 41.9 Å². The van der Waals surface area contributed by atoms with Crippen LogP contribution in [0.5, 0.6) is 5.75 Å². The van der Waals surface area contributed by atoms with Gasteiger partial charge in [0.15, 0.2) is 5.54 Å². The molecule has 2 fully saturated rings. The van der Waals surface area contributed by atoms with Crippen LogP contribution >= 0.6 is 0 Å². The number of rotatable bonds is 3. The van der Waals surface area contributed by atoms with Crippen LogP contribution in [-0.2, 0) is 15.1 Å². The Morgan fingerprint density at radius 2 is 2.07 bits per heavy atom. The number of nitrogens with zero attached hydrogens (tertiary/aromatic N) is 1. The molecule has 4 amide bonds. The number of carbonyl (C=O) groups is 3. The van der Waals surface area contributed by atoms with Crippen molar-refractivity contribution in [3.63, 3.8) is 0 Å². The molecular weight excluding hydrogens is 346 g/mol. The molecule has 7 heteroatoms. The van der Waals surface area contributed by atoms with Crippen LogP contribution < -0.4 is 15.4 Å². The van der Waals surface area contributed by atoms with Crippen molar-refractivity contribution in [3.8, 4) is 5.75 Å². The van der Waals surface area contributed by atoms with Gasteiger partial charge >= 0.3 is 6.03 Å². The van der Waals surface area contributed by atoms with Gasteiger partial charge in [0, 0.05) is 18.0 Å². The number of hydrogen-bond acceptors (Lipinski definition) is 4. The molecule has 1 aromatic rings. The number of carbonyl (C=O) groups excluding carboxylic acids is 3. The molecule has 4 rings (SSSR count). The van der Waals surface area contributed by atoms with Crippen molar-refractivity contribution in [2.75, 3.05) is 13.2 Å². The largest absolute Gasteiger partial charge is 0.493 e. The lowest BCUT2D eigenvalue weighted by atomic mass is 9.84. The van der Waals surface area contributed by atoms with Crippen LogP contribution in [0.1, 0.15) is 44.6 Å². The molecule has 2 heterocycles. The number of nitrogens with one attached hydrogen (secondary N) is 2. The van der Waals surface area contributed by atoms with Gasteiger partial charge in [0.1, 0.15) is 12.3 Å². The third-order valence-electron chi connectivity index (χ3n) is 6.02. The van der Waals surface area contributed by atoms with Gasteiger partial charge < -0.3 is 15.4 Å². The minimum atomic E-state index is -1.13. The maximum atomic E-state index is 13.2. The number of fused-ring (bicyclic) bond motifs is 2. The van der Waals surface area contributed by atoms with E-state index < -0.39 is 11.6 Å². The molecule has 3 atom stereocenters. The molecule has 3 aliphatic rings. The van der Waals surface area contributed by atoms with Crippen molar-refractivity contribution >= 4 is 17.8 Å². The standard InChI is InChI=1S/C20H25N3O4/c1-13-6-2-4-8-15(13)21-17(24)12-23-18(25)20(22-19(23)26)10-11-27-16-9-5-3-7-14(16)20/h3,5,7,9,13,15H,2,4,6,8,10-12H2,1H3,(H,21,24)(H,22,26)/t13-,15+,20-/m1/s1. The molecule has 1 aliphatic carbocycles. The van der Waals surface area contributed by atoms with Crippen molar-refractivity contribution in [2.24, 2.45) is 5.92 Å².